The van der Waals surface area contributed by atoms with Gasteiger partial charge in [0.25, 0.3) is 5.78 Å². The van der Waals surface area contributed by atoms with Crippen molar-refractivity contribution in [1.29, 1.82) is 0 Å². The molecule has 0 fully saturated rings. The maximum Gasteiger partial charge on any atom is 0.255 e. The van der Waals surface area contributed by atoms with E-state index in [1.807, 2.05) is 19.1 Å². The predicted octanol–water partition coefficient (Wildman–Crippen LogP) is 4.02. The number of nitrogens with zero attached hydrogens (tertiary/aromatic N) is 4. The molecule has 5 nitrogen and oxygen atoms in total. The second-order valence-electron chi connectivity index (χ2n) is 4.77. The largest absolute Gasteiger partial charge is 0.363 e. The molecule has 3 aromatic rings. The second-order valence-corrected chi connectivity index (χ2v) is 6.04. The number of halogens is 2. The summed E-state index contributed by atoms with van der Waals surface area (Å²) in [6.45, 7) is 3.99. The Morgan fingerprint density at radius 3 is 2.95 bits per heavy atom. The summed E-state index contributed by atoms with van der Waals surface area (Å²) < 4.78 is 2.71. The van der Waals surface area contributed by atoms with E-state index in [1.54, 1.807) is 4.52 Å². The van der Waals surface area contributed by atoms with Crippen LogP contribution in [0.5, 0.6) is 0 Å². The number of benzene rings is 1. The molecule has 0 spiro atoms. The van der Waals surface area contributed by atoms with E-state index in [9.17, 15) is 0 Å². The summed E-state index contributed by atoms with van der Waals surface area (Å²) in [4.78, 5) is 8.28. The summed E-state index contributed by atoms with van der Waals surface area (Å²) in [5.41, 5.74) is 2.00. The van der Waals surface area contributed by atoms with Crippen molar-refractivity contribution in [2.45, 2.75) is 19.9 Å². The Bertz CT molecular complexity index is 801. The average molecular weight is 367 g/mol. The summed E-state index contributed by atoms with van der Waals surface area (Å²) in [7, 11) is 0. The van der Waals surface area contributed by atoms with Crippen LogP contribution in [0.4, 0.5) is 5.82 Å². The van der Waals surface area contributed by atoms with E-state index in [-0.39, 0.29) is 6.04 Å². The third-order valence-electron chi connectivity index (χ3n) is 3.31. The molecule has 0 bridgehead atoms. The molecule has 0 saturated heterocycles. The van der Waals surface area contributed by atoms with Gasteiger partial charge < -0.3 is 5.32 Å². The molecule has 0 aliphatic carbocycles. The molecule has 3 rings (SSSR count). The number of hydrogen-bond donors (Lipinski definition) is 1. The predicted molar refractivity (Wildman–Crippen MR) is 86.7 cm³/mol. The quantitative estimate of drug-likeness (QED) is 0.711. The molecule has 0 aliphatic rings. The van der Waals surface area contributed by atoms with Gasteiger partial charge in [-0.2, -0.15) is 19.6 Å². The number of nitrogens with one attached hydrogen (secondary N) is 1. The van der Waals surface area contributed by atoms with Crippen molar-refractivity contribution in [3.8, 4) is 0 Å². The standard InChI is InChI=1S/C14H13BrClN5/c1-8-12(16)20-14-17-7-18-21(14)13(8)19-9(2)10-4-3-5-11(15)6-10/h3-7,9,19H,1-2H3. The van der Waals surface area contributed by atoms with Crippen LogP contribution in [-0.2, 0) is 0 Å². The Balaban J connectivity index is 2.01. The Labute approximate surface area is 135 Å². The van der Waals surface area contributed by atoms with Crippen LogP contribution in [0, 0.1) is 6.92 Å². The highest BCUT2D eigenvalue weighted by atomic mass is 79.9. The highest BCUT2D eigenvalue weighted by molar-refractivity contribution is 9.10. The van der Waals surface area contributed by atoms with Crippen molar-refractivity contribution in [2.24, 2.45) is 0 Å². The van der Waals surface area contributed by atoms with Crippen LogP contribution < -0.4 is 5.32 Å². The minimum atomic E-state index is 0.0899. The molecule has 0 radical (unpaired) electrons. The minimum absolute atomic E-state index is 0.0899. The van der Waals surface area contributed by atoms with Crippen LogP contribution >= 0.6 is 27.5 Å². The topological polar surface area (TPSA) is 55.1 Å². The lowest BCUT2D eigenvalue weighted by Gasteiger charge is -2.18. The van der Waals surface area contributed by atoms with E-state index in [0.29, 0.717) is 10.9 Å². The Morgan fingerprint density at radius 1 is 1.38 bits per heavy atom. The van der Waals surface area contributed by atoms with Crippen molar-refractivity contribution in [2.75, 3.05) is 5.32 Å². The number of rotatable bonds is 3. The van der Waals surface area contributed by atoms with E-state index in [4.69, 9.17) is 11.6 Å². The van der Waals surface area contributed by atoms with Crippen molar-refractivity contribution >= 4 is 39.1 Å². The third kappa shape index (κ3) is 2.73. The molecular weight excluding hydrogens is 354 g/mol. The van der Waals surface area contributed by atoms with Crippen molar-refractivity contribution in [3.05, 3.63) is 51.3 Å². The molecule has 0 saturated carbocycles. The molecule has 0 amide bonds. The van der Waals surface area contributed by atoms with Crippen molar-refractivity contribution in [3.63, 3.8) is 0 Å². The molecule has 21 heavy (non-hydrogen) atoms. The van der Waals surface area contributed by atoms with Crippen LogP contribution in [0.15, 0.2) is 35.1 Å². The lowest BCUT2D eigenvalue weighted by atomic mass is 10.1. The molecule has 1 aromatic carbocycles. The van der Waals surface area contributed by atoms with Gasteiger partial charge in [0.1, 0.15) is 17.3 Å². The first kappa shape index (κ1) is 14.3. The van der Waals surface area contributed by atoms with E-state index in [1.165, 1.54) is 6.33 Å². The molecule has 1 atom stereocenters. The van der Waals surface area contributed by atoms with Gasteiger partial charge >= 0.3 is 0 Å². The first-order valence-electron chi connectivity index (χ1n) is 6.44. The zero-order chi connectivity index (χ0) is 15.0. The van der Waals surface area contributed by atoms with Crippen LogP contribution in [0.1, 0.15) is 24.1 Å². The summed E-state index contributed by atoms with van der Waals surface area (Å²) >= 11 is 9.65. The lowest BCUT2D eigenvalue weighted by molar-refractivity contribution is 0.834. The normalized spacial score (nSPS) is 12.6. The van der Waals surface area contributed by atoms with Crippen LogP contribution in [0.3, 0.4) is 0 Å². The van der Waals surface area contributed by atoms with Gasteiger partial charge in [0.2, 0.25) is 0 Å². The highest BCUT2D eigenvalue weighted by Gasteiger charge is 2.15. The number of aromatic nitrogens is 4. The SMILES string of the molecule is Cc1c(Cl)nc2ncnn2c1NC(C)c1cccc(Br)c1. The summed E-state index contributed by atoms with van der Waals surface area (Å²) in [6, 6.07) is 8.25. The molecule has 0 aliphatic heterocycles. The van der Waals surface area contributed by atoms with Crippen LogP contribution in [-0.4, -0.2) is 19.6 Å². The van der Waals surface area contributed by atoms with E-state index >= 15 is 0 Å². The summed E-state index contributed by atoms with van der Waals surface area (Å²) in [6.07, 6.45) is 1.47. The molecular formula is C14H13BrClN5. The van der Waals surface area contributed by atoms with E-state index in [0.717, 1.165) is 21.4 Å². The third-order valence-corrected chi connectivity index (χ3v) is 4.17. The second kappa shape index (κ2) is 5.61. The summed E-state index contributed by atoms with van der Waals surface area (Å²) in [5.74, 6) is 1.28. The summed E-state index contributed by atoms with van der Waals surface area (Å²) in [5, 5.41) is 8.07. The fourth-order valence-corrected chi connectivity index (χ4v) is 2.71. The van der Waals surface area contributed by atoms with Gasteiger partial charge in [-0.15, -0.1) is 0 Å². The first-order valence-corrected chi connectivity index (χ1v) is 7.61. The minimum Gasteiger partial charge on any atom is -0.363 e. The Morgan fingerprint density at radius 2 is 2.19 bits per heavy atom. The Kier molecular flexibility index (Phi) is 3.82. The van der Waals surface area contributed by atoms with Gasteiger partial charge in [0, 0.05) is 16.1 Å². The number of hydrogen-bond acceptors (Lipinski definition) is 4. The molecule has 7 heteroatoms. The van der Waals surface area contributed by atoms with Crippen LogP contribution in [0.2, 0.25) is 5.15 Å². The molecule has 2 heterocycles. The van der Waals surface area contributed by atoms with Gasteiger partial charge in [-0.3, -0.25) is 0 Å². The fraction of sp³-hybridized carbons (Fsp3) is 0.214. The van der Waals surface area contributed by atoms with Crippen molar-refractivity contribution < 1.29 is 0 Å². The van der Waals surface area contributed by atoms with E-state index < -0.39 is 0 Å². The van der Waals surface area contributed by atoms with Crippen LogP contribution in [0.25, 0.3) is 5.78 Å². The maximum absolute atomic E-state index is 6.16. The zero-order valence-electron chi connectivity index (χ0n) is 11.5. The Hall–Kier alpha value is -1.66. The smallest absolute Gasteiger partial charge is 0.255 e. The first-order chi connectivity index (χ1) is 10.1. The molecule has 1 unspecified atom stereocenters. The van der Waals surface area contributed by atoms with Gasteiger partial charge in [0.15, 0.2) is 0 Å². The van der Waals surface area contributed by atoms with Crippen molar-refractivity contribution in [1.82, 2.24) is 19.6 Å². The van der Waals surface area contributed by atoms with Gasteiger partial charge in [-0.25, -0.2) is 0 Å². The van der Waals surface area contributed by atoms with E-state index in [2.05, 4.69) is 55.4 Å². The van der Waals surface area contributed by atoms with Gasteiger partial charge in [0.05, 0.1) is 0 Å². The fourth-order valence-electron chi connectivity index (χ4n) is 2.13. The monoisotopic (exact) mass is 365 g/mol. The molecule has 108 valence electrons. The van der Waals surface area contributed by atoms with Gasteiger partial charge in [-0.1, -0.05) is 39.7 Å². The lowest BCUT2D eigenvalue weighted by Crippen LogP contribution is -2.13. The number of anilines is 1. The molecule has 1 N–H and O–H groups in total. The highest BCUT2D eigenvalue weighted by Crippen LogP contribution is 2.27. The average Bonchev–Trinajstić information content (AvgIpc) is 2.91. The maximum atomic E-state index is 6.16. The molecule has 2 aromatic heterocycles. The number of fused-ring (bicyclic) bond motifs is 1. The zero-order valence-corrected chi connectivity index (χ0v) is 13.9. The van der Waals surface area contributed by atoms with Gasteiger partial charge in [-0.05, 0) is 31.5 Å².